The Labute approximate surface area is 372 Å². The van der Waals surface area contributed by atoms with Crippen molar-refractivity contribution in [2.45, 2.75) is 55.5 Å². The zero-order valence-corrected chi connectivity index (χ0v) is 37.0. The van der Waals surface area contributed by atoms with Crippen LogP contribution in [0, 0.1) is 0 Å². The number of thioether (sulfide) groups is 2. The monoisotopic (exact) mass is 857 g/mol. The Balaban J connectivity index is 0.000000420. The second-order valence-electron chi connectivity index (χ2n) is 11.7. The number of carbonyl (C=O) groups is 9. The molecule has 1 aromatic carbocycles. The number of carbonyl (C=O) groups excluding carboxylic acids is 9. The van der Waals surface area contributed by atoms with Crippen LogP contribution in [0.25, 0.3) is 0 Å². The molecule has 0 spiro atoms. The Morgan fingerprint density at radius 1 is 0.786 bits per heavy atom. The molecule has 1 unspecified atom stereocenters. The number of fused-ring (bicyclic) bond motifs is 2. The number of ether oxygens (including phenoxy) is 2. The first-order valence-corrected chi connectivity index (χ1v) is 19.2. The smallest absolute Gasteiger partial charge is 0.543 e. The molecule has 2 fully saturated rings. The summed E-state index contributed by atoms with van der Waals surface area (Å²) in [5.41, 5.74) is 5.25. The molecule has 4 aliphatic rings. The molecule has 2 saturated heterocycles. The maximum atomic E-state index is 11.4. The van der Waals surface area contributed by atoms with Gasteiger partial charge in [0.2, 0.25) is 17.7 Å². The topological polar surface area (TPSA) is 305 Å². The van der Waals surface area contributed by atoms with E-state index in [2.05, 4.69) is 0 Å². The van der Waals surface area contributed by atoms with Gasteiger partial charge in [0.15, 0.2) is 5.25 Å². The predicted molar refractivity (Wildman–Crippen MR) is 182 cm³/mol. The first-order valence-electron chi connectivity index (χ1n) is 15.6. The van der Waals surface area contributed by atoms with Crippen LogP contribution < -0.4 is 75.1 Å². The summed E-state index contributed by atoms with van der Waals surface area (Å²) in [7, 11) is -4.49. The van der Waals surface area contributed by atoms with Gasteiger partial charge in [0.1, 0.15) is 37.6 Å². The Bertz CT molecular complexity index is 1830. The van der Waals surface area contributed by atoms with Crippen LogP contribution in [0.5, 0.6) is 0 Å². The van der Waals surface area contributed by atoms with Crippen LogP contribution in [-0.4, -0.2) is 111 Å². The van der Waals surface area contributed by atoms with Crippen molar-refractivity contribution in [3.63, 3.8) is 0 Å². The maximum Gasteiger partial charge on any atom is 1.00 e. The van der Waals surface area contributed by atoms with Gasteiger partial charge in [0, 0.05) is 22.7 Å². The van der Waals surface area contributed by atoms with E-state index >= 15 is 0 Å². The number of esters is 2. The van der Waals surface area contributed by atoms with E-state index in [-0.39, 0.29) is 136 Å². The van der Waals surface area contributed by atoms with E-state index in [4.69, 9.17) is 19.8 Å². The minimum absolute atomic E-state index is 0. The zero-order valence-electron chi connectivity index (χ0n) is 30.5. The van der Waals surface area contributed by atoms with Gasteiger partial charge in [0.25, 0.3) is 10.1 Å². The van der Waals surface area contributed by atoms with Gasteiger partial charge >= 0.3 is 71.1 Å². The number of carboxylic acids is 2. The molecule has 0 aromatic heterocycles. The number of primary amides is 1. The second-order valence-corrected chi connectivity index (χ2v) is 15.6. The van der Waals surface area contributed by atoms with Crippen molar-refractivity contribution >= 4 is 86.8 Å². The molecular formula is C32H33N3Na2O16S3. The Kier molecular flexibility index (Phi) is 20.7. The number of nitrogens with two attached hydrogens (primary N) is 1. The second kappa shape index (κ2) is 22.8. The Morgan fingerprint density at radius 2 is 1.16 bits per heavy atom. The van der Waals surface area contributed by atoms with Gasteiger partial charge in [-0.25, -0.2) is 0 Å². The van der Waals surface area contributed by atoms with E-state index in [1.807, 2.05) is 0 Å². The number of aliphatic carboxylic acids is 2. The van der Waals surface area contributed by atoms with Crippen molar-refractivity contribution in [2.75, 3.05) is 24.7 Å². The fourth-order valence-electron chi connectivity index (χ4n) is 5.11. The molecule has 24 heteroatoms. The summed E-state index contributed by atoms with van der Waals surface area (Å²) in [6.45, 7) is 2.01. The van der Waals surface area contributed by atoms with Crippen molar-refractivity contribution in [3.05, 3.63) is 58.4 Å². The number of hydrogen-bond acceptors (Lipinski definition) is 17. The fourth-order valence-corrected chi connectivity index (χ4v) is 8.40. The number of amides is 3. The number of hydrogen-bond donors (Lipinski definition) is 2. The van der Waals surface area contributed by atoms with Crippen LogP contribution in [0.3, 0.4) is 0 Å². The Morgan fingerprint density at radius 3 is 1.45 bits per heavy atom. The molecular weight excluding hydrogens is 825 g/mol. The van der Waals surface area contributed by atoms with Gasteiger partial charge in [-0.15, -0.1) is 23.5 Å². The van der Waals surface area contributed by atoms with E-state index in [1.165, 1.54) is 49.5 Å². The maximum absolute atomic E-state index is 11.4. The van der Waals surface area contributed by atoms with Crippen LogP contribution in [-0.2, 0) is 62.7 Å². The molecule has 4 heterocycles. The summed E-state index contributed by atoms with van der Waals surface area (Å²) >= 11 is 2.82. The summed E-state index contributed by atoms with van der Waals surface area (Å²) in [4.78, 5) is 102. The van der Waals surface area contributed by atoms with E-state index in [0.717, 1.165) is 9.80 Å². The predicted octanol–water partition coefficient (Wildman–Crippen LogP) is -8.26. The summed E-state index contributed by atoms with van der Waals surface area (Å²) in [6, 6.07) is 7.57. The van der Waals surface area contributed by atoms with Crippen LogP contribution in [0.4, 0.5) is 0 Å². The summed E-state index contributed by atoms with van der Waals surface area (Å²) in [6.07, 6.45) is -0.101. The molecule has 3 amide bonds. The molecule has 3 N–H and O–H groups in total. The standard InChI is InChI=1S/2C12H13NO6S.C8H9NO4S.2Na/c2*1-6(14)2-10(16)19-4-7-5-20-9-3-8(15)13(9)11(7)12(17)18;9-8(10)7(14(11,12)13)6-4-2-1-3-5-6;;/h2*9H,2-5H2,1H3,(H,17,18);1-5,7H,(H2,9,10)(H,11,12,13);;/q;;;2*+1/p-2/t2*9-;;;/m00.../s1. The van der Waals surface area contributed by atoms with Crippen LogP contribution in [0.1, 0.15) is 50.3 Å². The van der Waals surface area contributed by atoms with Crippen molar-refractivity contribution in [3.8, 4) is 0 Å². The minimum Gasteiger partial charge on any atom is -0.543 e. The SMILES string of the molecule is CC(=O)CC(=O)OCC1=C(C(=O)[O-])N2C(=O)C[C@@H]2SC1.CC(=O)CC(=O)OCC1=C(C(=O)[O-])N2C(=O)C[C@@H]2SC1.NC(=O)C(c1ccccc1)S(=O)(=O)O.[Na+].[Na+]. The van der Waals surface area contributed by atoms with E-state index < -0.39 is 45.2 Å². The zero-order chi connectivity index (χ0) is 40.5. The van der Waals surface area contributed by atoms with Gasteiger partial charge in [-0.05, 0) is 19.4 Å². The molecule has 4 aliphatic heterocycles. The third-order valence-corrected chi connectivity index (χ3v) is 11.2. The number of benzene rings is 1. The molecule has 292 valence electrons. The molecule has 0 radical (unpaired) electrons. The number of nitrogens with zero attached hydrogens (tertiary/aromatic N) is 2. The number of rotatable bonds is 13. The first-order chi connectivity index (χ1) is 25.2. The van der Waals surface area contributed by atoms with Crippen molar-refractivity contribution in [1.82, 2.24) is 9.80 Å². The number of β-lactam (4-membered cyclic amide) rings is 2. The van der Waals surface area contributed by atoms with Crippen molar-refractivity contribution < 1.29 is 135 Å². The minimum atomic E-state index is -4.49. The summed E-state index contributed by atoms with van der Waals surface area (Å²) in [5.74, 6) is -5.98. The Hall–Kier alpha value is -3.06. The molecule has 5 rings (SSSR count). The molecule has 56 heavy (non-hydrogen) atoms. The van der Waals surface area contributed by atoms with E-state index in [1.54, 1.807) is 18.2 Å². The van der Waals surface area contributed by atoms with Crippen LogP contribution in [0.2, 0.25) is 0 Å². The summed E-state index contributed by atoms with van der Waals surface area (Å²) in [5, 5.41) is 20.3. The van der Waals surface area contributed by atoms with Crippen molar-refractivity contribution in [2.24, 2.45) is 5.73 Å². The number of Topliss-reactive ketones (excluding diaryl/α,β-unsaturated/α-hetero) is 2. The molecule has 1 aromatic rings. The third-order valence-electron chi connectivity index (χ3n) is 7.51. The molecule has 0 aliphatic carbocycles. The normalized spacial score (nSPS) is 18.5. The fraction of sp³-hybridized carbons (Fsp3) is 0.406. The van der Waals surface area contributed by atoms with Crippen molar-refractivity contribution in [1.29, 1.82) is 0 Å². The van der Waals surface area contributed by atoms with Crippen LogP contribution >= 0.6 is 23.5 Å². The van der Waals surface area contributed by atoms with Gasteiger partial charge in [-0.1, -0.05) is 30.3 Å². The van der Waals surface area contributed by atoms with Gasteiger partial charge in [0.05, 0.1) is 46.9 Å². The third kappa shape index (κ3) is 14.1. The number of ketones is 2. The molecule has 0 saturated carbocycles. The number of carboxylic acid groups (broad SMARTS) is 2. The first kappa shape index (κ1) is 51.0. The quantitative estimate of drug-likeness (QED) is 0.0612. The molecule has 19 nitrogen and oxygen atoms in total. The largest absolute Gasteiger partial charge is 1.00 e. The van der Waals surface area contributed by atoms with Crippen LogP contribution in [0.15, 0.2) is 52.9 Å². The van der Waals surface area contributed by atoms with Gasteiger partial charge in [-0.2, -0.15) is 8.42 Å². The van der Waals surface area contributed by atoms with E-state index in [9.17, 15) is 61.8 Å². The average Bonchev–Trinajstić information content (AvgIpc) is 3.05. The molecule has 0 bridgehead atoms. The van der Waals surface area contributed by atoms with Gasteiger partial charge < -0.3 is 35.0 Å². The van der Waals surface area contributed by atoms with E-state index in [0.29, 0.717) is 35.5 Å². The average molecular weight is 858 g/mol. The molecule has 3 atom stereocenters. The summed E-state index contributed by atoms with van der Waals surface area (Å²) < 4.78 is 40.1. The van der Waals surface area contributed by atoms with Gasteiger partial charge in [-0.3, -0.25) is 47.9 Å².